The third-order valence-electron chi connectivity index (χ3n) is 5.45. The van der Waals surface area contributed by atoms with Crippen LogP contribution in [0, 0.1) is 6.92 Å². The van der Waals surface area contributed by atoms with Crippen LogP contribution in [0.5, 0.6) is 0 Å². The Bertz CT molecular complexity index is 1340. The van der Waals surface area contributed by atoms with Crippen LogP contribution in [0.4, 0.5) is 5.69 Å². The molecule has 0 radical (unpaired) electrons. The predicted molar refractivity (Wildman–Crippen MR) is 131 cm³/mol. The summed E-state index contributed by atoms with van der Waals surface area (Å²) < 4.78 is 7.98. The molecular formula is C22H23N5O2S3. The van der Waals surface area contributed by atoms with Gasteiger partial charge in [0.05, 0.1) is 23.3 Å². The molecule has 0 unspecified atom stereocenters. The average Bonchev–Trinajstić information content (AvgIpc) is 3.33. The second-order valence-corrected chi connectivity index (χ2v) is 11.1. The van der Waals surface area contributed by atoms with E-state index in [1.165, 1.54) is 22.2 Å². The van der Waals surface area contributed by atoms with Crippen molar-refractivity contribution in [3.8, 4) is 0 Å². The zero-order valence-electron chi connectivity index (χ0n) is 18.3. The number of aryl methyl sites for hydroxylation is 1. The van der Waals surface area contributed by atoms with Gasteiger partial charge in [-0.25, -0.2) is 9.38 Å². The topological polar surface area (TPSA) is 81.4 Å². The van der Waals surface area contributed by atoms with Crippen molar-refractivity contribution in [1.29, 1.82) is 0 Å². The predicted octanol–water partition coefficient (Wildman–Crippen LogP) is 4.95. The van der Waals surface area contributed by atoms with Gasteiger partial charge in [-0.3, -0.25) is 4.79 Å². The number of hydrogen-bond donors (Lipinski definition) is 1. The number of hydrogen-bond acceptors (Lipinski definition) is 8. The summed E-state index contributed by atoms with van der Waals surface area (Å²) in [6, 6.07) is 7.75. The van der Waals surface area contributed by atoms with Crippen LogP contribution in [-0.4, -0.2) is 43.1 Å². The molecule has 5 rings (SSSR count). The third kappa shape index (κ3) is 3.89. The number of carbonyl (C=O) groups excluding carboxylic acids is 1. The van der Waals surface area contributed by atoms with Crippen LogP contribution in [0.2, 0.25) is 0 Å². The van der Waals surface area contributed by atoms with E-state index in [1.54, 1.807) is 23.1 Å². The largest absolute Gasteiger partial charge is 0.370 e. The first-order chi connectivity index (χ1) is 15.4. The smallest absolute Gasteiger partial charge is 0.234 e. The highest BCUT2D eigenvalue weighted by atomic mass is 32.2. The lowest BCUT2D eigenvalue weighted by molar-refractivity contribution is -0.113. The lowest BCUT2D eigenvalue weighted by atomic mass is 9.94. The first-order valence-corrected chi connectivity index (χ1v) is 13.2. The van der Waals surface area contributed by atoms with Gasteiger partial charge in [0.1, 0.15) is 4.83 Å². The van der Waals surface area contributed by atoms with Gasteiger partial charge in [-0.2, -0.15) is 0 Å². The molecule has 0 saturated carbocycles. The van der Waals surface area contributed by atoms with Crippen LogP contribution < -0.4 is 5.32 Å². The maximum atomic E-state index is 12.6. The maximum absolute atomic E-state index is 12.6. The highest BCUT2D eigenvalue weighted by Gasteiger charge is 2.31. The minimum atomic E-state index is -0.221. The fourth-order valence-electron chi connectivity index (χ4n) is 3.85. The van der Waals surface area contributed by atoms with Crippen molar-refractivity contribution in [2.75, 3.05) is 17.3 Å². The van der Waals surface area contributed by atoms with E-state index in [9.17, 15) is 4.79 Å². The van der Waals surface area contributed by atoms with Crippen LogP contribution in [0.25, 0.3) is 15.9 Å². The molecule has 4 heterocycles. The van der Waals surface area contributed by atoms with Crippen LogP contribution in [0.15, 0.2) is 34.6 Å². The van der Waals surface area contributed by atoms with Crippen LogP contribution in [0.3, 0.4) is 0 Å². The summed E-state index contributed by atoms with van der Waals surface area (Å²) >= 11 is 4.59. The summed E-state index contributed by atoms with van der Waals surface area (Å²) in [7, 11) is 0. The summed E-state index contributed by atoms with van der Waals surface area (Å²) in [4.78, 5) is 19.6. The van der Waals surface area contributed by atoms with Crippen molar-refractivity contribution in [2.45, 2.75) is 49.7 Å². The van der Waals surface area contributed by atoms with E-state index < -0.39 is 0 Å². The van der Waals surface area contributed by atoms with Crippen LogP contribution in [0.1, 0.15) is 29.9 Å². The summed E-state index contributed by atoms with van der Waals surface area (Å²) in [5.41, 5.74) is 3.70. The van der Waals surface area contributed by atoms with Gasteiger partial charge < -0.3 is 10.1 Å². The zero-order valence-corrected chi connectivity index (χ0v) is 20.7. The summed E-state index contributed by atoms with van der Waals surface area (Å²) in [6.45, 7) is 6.79. The number of benzene rings is 1. The monoisotopic (exact) mass is 485 g/mol. The fraction of sp³-hybridized carbons (Fsp3) is 0.364. The Labute approximate surface area is 198 Å². The number of carbonyl (C=O) groups is 1. The van der Waals surface area contributed by atoms with E-state index in [2.05, 4.69) is 29.4 Å². The number of fused-ring (bicyclic) bond motifs is 5. The molecule has 1 aliphatic heterocycles. The van der Waals surface area contributed by atoms with Crippen molar-refractivity contribution in [3.63, 3.8) is 0 Å². The lowest BCUT2D eigenvalue weighted by Crippen LogP contribution is -2.31. The Morgan fingerprint density at radius 1 is 1.28 bits per heavy atom. The average molecular weight is 486 g/mol. The molecule has 7 nitrogen and oxygen atoms in total. The first kappa shape index (κ1) is 21.7. The highest BCUT2D eigenvalue weighted by molar-refractivity contribution is 8.00. The van der Waals surface area contributed by atoms with Gasteiger partial charge in [0, 0.05) is 17.0 Å². The molecule has 10 heteroatoms. The summed E-state index contributed by atoms with van der Waals surface area (Å²) in [5, 5.41) is 14.5. The van der Waals surface area contributed by atoms with Gasteiger partial charge in [0.15, 0.2) is 16.0 Å². The molecule has 0 saturated heterocycles. The summed E-state index contributed by atoms with van der Waals surface area (Å²) in [5.74, 6) is 0.163. The Hall–Kier alpha value is -2.14. The number of rotatable bonds is 5. The number of anilines is 1. The van der Waals surface area contributed by atoms with Gasteiger partial charge in [0.2, 0.25) is 5.91 Å². The van der Waals surface area contributed by atoms with Crippen molar-refractivity contribution in [1.82, 2.24) is 19.6 Å². The minimum absolute atomic E-state index is 0.0763. The fourth-order valence-corrected chi connectivity index (χ4v) is 6.33. The molecule has 1 amide bonds. The number of thioether (sulfide) groups is 2. The zero-order chi connectivity index (χ0) is 22.5. The Kier molecular flexibility index (Phi) is 5.65. The molecule has 1 aromatic carbocycles. The number of aromatic nitrogens is 4. The second-order valence-electron chi connectivity index (χ2n) is 8.30. The van der Waals surface area contributed by atoms with Crippen LogP contribution in [-0.2, 0) is 22.6 Å². The molecule has 3 aromatic heterocycles. The van der Waals surface area contributed by atoms with E-state index in [1.807, 2.05) is 41.8 Å². The third-order valence-corrected chi connectivity index (χ3v) is 8.12. The van der Waals surface area contributed by atoms with Gasteiger partial charge in [0.25, 0.3) is 0 Å². The van der Waals surface area contributed by atoms with Crippen molar-refractivity contribution >= 4 is 62.3 Å². The molecule has 1 aliphatic rings. The van der Waals surface area contributed by atoms with E-state index in [0.29, 0.717) is 11.8 Å². The number of ether oxygens (including phenoxy) is 1. The maximum Gasteiger partial charge on any atom is 0.234 e. The number of amides is 1. The molecule has 166 valence electrons. The second kappa shape index (κ2) is 8.33. The SMILES string of the molecule is CSc1nc2sc3c(c2c2nnc(SCC(=O)Nc4ccccc4C)n12)CC(C)(C)OC3. The van der Waals surface area contributed by atoms with Gasteiger partial charge in [-0.05, 0) is 44.2 Å². The first-order valence-electron chi connectivity index (χ1n) is 10.2. The van der Waals surface area contributed by atoms with Crippen LogP contribution >= 0.6 is 34.9 Å². The Morgan fingerprint density at radius 3 is 2.88 bits per heavy atom. The quantitative estimate of drug-likeness (QED) is 0.316. The summed E-state index contributed by atoms with van der Waals surface area (Å²) in [6.07, 6.45) is 2.80. The standard InChI is InChI=1S/C22H23N5O2S3/c1-12-7-5-6-8-14(12)23-16(28)11-31-21-26-25-18-17-13-9-22(2,3)29-10-15(13)32-19(17)24-20(30-4)27(18)21/h5-8H,9-11H2,1-4H3,(H,23,28). The van der Waals surface area contributed by atoms with Crippen molar-refractivity contribution < 1.29 is 9.53 Å². The molecule has 1 N–H and O–H groups in total. The number of thiophene rings is 1. The van der Waals surface area contributed by atoms with Gasteiger partial charge in [-0.1, -0.05) is 41.7 Å². The Balaban J connectivity index is 1.48. The number of nitrogens with zero attached hydrogens (tertiary/aromatic N) is 4. The van der Waals surface area contributed by atoms with Gasteiger partial charge in [-0.15, -0.1) is 21.5 Å². The molecule has 0 atom stereocenters. The van der Waals surface area contributed by atoms with E-state index >= 15 is 0 Å². The van der Waals surface area contributed by atoms with Crippen molar-refractivity contribution in [3.05, 3.63) is 40.3 Å². The molecule has 4 aromatic rings. The highest BCUT2D eigenvalue weighted by Crippen LogP contribution is 2.41. The normalized spacial score (nSPS) is 15.2. The number of nitrogens with one attached hydrogen (secondary N) is 1. The molecule has 0 spiro atoms. The molecule has 0 fully saturated rings. The van der Waals surface area contributed by atoms with E-state index in [4.69, 9.17) is 9.72 Å². The van der Waals surface area contributed by atoms with E-state index in [-0.39, 0.29) is 17.3 Å². The van der Waals surface area contributed by atoms with E-state index in [0.717, 1.165) is 38.7 Å². The number of para-hydroxylation sites is 1. The molecule has 0 aliphatic carbocycles. The lowest BCUT2D eigenvalue weighted by Gasteiger charge is -2.30. The Morgan fingerprint density at radius 2 is 2.09 bits per heavy atom. The molecule has 0 bridgehead atoms. The molecular weight excluding hydrogens is 462 g/mol. The minimum Gasteiger partial charge on any atom is -0.370 e. The van der Waals surface area contributed by atoms with Gasteiger partial charge >= 0.3 is 0 Å². The molecule has 32 heavy (non-hydrogen) atoms. The van der Waals surface area contributed by atoms with Crippen molar-refractivity contribution in [2.24, 2.45) is 0 Å².